The second-order valence-electron chi connectivity index (χ2n) is 4.75. The molecule has 1 saturated heterocycles. The third-order valence-corrected chi connectivity index (χ3v) is 3.73. The number of likely N-dealkylation sites (tertiary alicyclic amines) is 1. The summed E-state index contributed by atoms with van der Waals surface area (Å²) in [5, 5.41) is 0.513. The maximum atomic E-state index is 12.3. The van der Waals surface area contributed by atoms with Crippen molar-refractivity contribution in [3.63, 3.8) is 0 Å². The van der Waals surface area contributed by atoms with Gasteiger partial charge in [-0.3, -0.25) is 4.79 Å². The molecule has 1 aliphatic heterocycles. The van der Waals surface area contributed by atoms with Gasteiger partial charge in [0.05, 0.1) is 5.02 Å². The summed E-state index contributed by atoms with van der Waals surface area (Å²) in [5.41, 5.74) is 5.68. The van der Waals surface area contributed by atoms with Crippen LogP contribution in [0.3, 0.4) is 0 Å². The summed E-state index contributed by atoms with van der Waals surface area (Å²) in [6, 6.07) is 7.30. The van der Waals surface area contributed by atoms with Crippen LogP contribution in [-0.2, 0) is 4.79 Å². The fourth-order valence-corrected chi connectivity index (χ4v) is 2.57. The molecule has 1 aromatic rings. The average molecular weight is 283 g/mol. The summed E-state index contributed by atoms with van der Waals surface area (Å²) in [6.07, 6.45) is 1.43. The molecule has 0 unspecified atom stereocenters. The lowest BCUT2D eigenvalue weighted by molar-refractivity contribution is -0.138. The normalized spacial score (nSPS) is 20.4. The Morgan fingerprint density at radius 1 is 1.58 bits per heavy atom. The third-order valence-electron chi connectivity index (χ3n) is 3.42. The highest BCUT2D eigenvalue weighted by atomic mass is 35.5. The lowest BCUT2D eigenvalue weighted by Gasteiger charge is -2.27. The highest BCUT2D eigenvalue weighted by Gasteiger charge is 2.31. The molecule has 0 aliphatic carbocycles. The van der Waals surface area contributed by atoms with E-state index >= 15 is 0 Å². The molecule has 2 rings (SSSR count). The summed E-state index contributed by atoms with van der Waals surface area (Å²) < 4.78 is 5.65. The van der Waals surface area contributed by atoms with E-state index in [0.717, 1.165) is 19.4 Å². The van der Waals surface area contributed by atoms with Crippen LogP contribution in [0, 0.1) is 0 Å². The number of rotatable bonds is 4. The first-order valence-corrected chi connectivity index (χ1v) is 6.93. The number of nitrogens with two attached hydrogens (primary N) is 1. The molecule has 104 valence electrons. The highest BCUT2D eigenvalue weighted by Crippen LogP contribution is 2.25. The molecule has 1 aromatic carbocycles. The van der Waals surface area contributed by atoms with Crippen molar-refractivity contribution in [1.29, 1.82) is 0 Å². The largest absolute Gasteiger partial charge is 0.479 e. The van der Waals surface area contributed by atoms with Crippen LogP contribution in [0.25, 0.3) is 0 Å². The molecular weight excluding hydrogens is 264 g/mol. The van der Waals surface area contributed by atoms with E-state index in [4.69, 9.17) is 22.1 Å². The summed E-state index contributed by atoms with van der Waals surface area (Å²) in [5.74, 6) is 0.515. The third kappa shape index (κ3) is 3.19. The Bertz CT molecular complexity index is 453. The molecule has 1 heterocycles. The summed E-state index contributed by atoms with van der Waals surface area (Å²) in [7, 11) is 0. The van der Waals surface area contributed by atoms with Gasteiger partial charge < -0.3 is 15.4 Å². The zero-order valence-corrected chi connectivity index (χ0v) is 11.8. The monoisotopic (exact) mass is 282 g/mol. The van der Waals surface area contributed by atoms with Crippen molar-refractivity contribution < 1.29 is 9.53 Å². The van der Waals surface area contributed by atoms with E-state index in [1.165, 1.54) is 0 Å². The molecule has 0 spiro atoms. The van der Waals surface area contributed by atoms with E-state index in [9.17, 15) is 4.79 Å². The highest BCUT2D eigenvalue weighted by molar-refractivity contribution is 6.32. The predicted octanol–water partition coefficient (Wildman–Crippen LogP) is 2.06. The van der Waals surface area contributed by atoms with Crippen LogP contribution in [0.1, 0.15) is 19.8 Å². The summed E-state index contributed by atoms with van der Waals surface area (Å²) >= 11 is 6.02. The number of carbonyl (C=O) groups excluding carboxylic acids is 1. The van der Waals surface area contributed by atoms with Gasteiger partial charge in [-0.25, -0.2) is 0 Å². The predicted molar refractivity (Wildman–Crippen MR) is 75.3 cm³/mol. The minimum Gasteiger partial charge on any atom is -0.479 e. The van der Waals surface area contributed by atoms with Crippen molar-refractivity contribution in [2.24, 2.45) is 5.73 Å². The van der Waals surface area contributed by atoms with E-state index in [1.807, 2.05) is 17.0 Å². The molecule has 1 fully saturated rings. The zero-order valence-electron chi connectivity index (χ0n) is 11.0. The van der Waals surface area contributed by atoms with Crippen molar-refractivity contribution in [2.45, 2.75) is 31.9 Å². The number of nitrogens with zero attached hydrogens (tertiary/aromatic N) is 1. The van der Waals surface area contributed by atoms with Gasteiger partial charge in [-0.15, -0.1) is 0 Å². The van der Waals surface area contributed by atoms with Crippen molar-refractivity contribution in [3.05, 3.63) is 29.3 Å². The van der Waals surface area contributed by atoms with Crippen LogP contribution >= 0.6 is 11.6 Å². The zero-order chi connectivity index (χ0) is 13.8. The van der Waals surface area contributed by atoms with Crippen molar-refractivity contribution in [1.82, 2.24) is 4.90 Å². The van der Waals surface area contributed by atoms with Gasteiger partial charge in [0.2, 0.25) is 0 Å². The number of hydrogen-bond donors (Lipinski definition) is 1. The van der Waals surface area contributed by atoms with E-state index in [2.05, 4.69) is 0 Å². The SMILES string of the molecule is C[C@H](Oc1ccccc1Cl)C(=O)N1CCC[C@@H]1CN. The second kappa shape index (κ2) is 6.26. The summed E-state index contributed by atoms with van der Waals surface area (Å²) in [4.78, 5) is 14.2. The molecule has 0 radical (unpaired) electrons. The van der Waals surface area contributed by atoms with E-state index in [-0.39, 0.29) is 11.9 Å². The van der Waals surface area contributed by atoms with Gasteiger partial charge >= 0.3 is 0 Å². The first kappa shape index (κ1) is 14.2. The van der Waals surface area contributed by atoms with Crippen molar-refractivity contribution in [3.8, 4) is 5.75 Å². The molecule has 19 heavy (non-hydrogen) atoms. The van der Waals surface area contributed by atoms with Crippen molar-refractivity contribution >= 4 is 17.5 Å². The van der Waals surface area contributed by atoms with Gasteiger partial charge in [0, 0.05) is 19.1 Å². The first-order chi connectivity index (χ1) is 9.13. The Morgan fingerprint density at radius 3 is 3.00 bits per heavy atom. The van der Waals surface area contributed by atoms with E-state index < -0.39 is 6.10 Å². The number of halogens is 1. The number of para-hydroxylation sites is 1. The standard InChI is InChI=1S/C14H19ClN2O2/c1-10(19-13-7-3-2-6-12(13)15)14(18)17-8-4-5-11(17)9-16/h2-3,6-7,10-11H,4-5,8-9,16H2,1H3/t10-,11+/m0/s1. The van der Waals surface area contributed by atoms with Gasteiger partial charge in [-0.05, 0) is 31.9 Å². The topological polar surface area (TPSA) is 55.6 Å². The fourth-order valence-electron chi connectivity index (χ4n) is 2.39. The minimum absolute atomic E-state index is 0.0205. The van der Waals surface area contributed by atoms with Gasteiger partial charge in [-0.1, -0.05) is 23.7 Å². The van der Waals surface area contributed by atoms with Crippen LogP contribution in [0.2, 0.25) is 5.02 Å². The Balaban J connectivity index is 2.02. The van der Waals surface area contributed by atoms with Crippen LogP contribution in [-0.4, -0.2) is 36.0 Å². The summed E-state index contributed by atoms with van der Waals surface area (Å²) in [6.45, 7) is 3.01. The number of carbonyl (C=O) groups is 1. The molecule has 1 aliphatic rings. The Morgan fingerprint density at radius 2 is 2.32 bits per heavy atom. The molecule has 5 heteroatoms. The molecular formula is C14H19ClN2O2. The quantitative estimate of drug-likeness (QED) is 0.920. The molecule has 0 aromatic heterocycles. The van der Waals surface area contributed by atoms with Gasteiger partial charge in [0.15, 0.2) is 6.10 Å². The molecule has 4 nitrogen and oxygen atoms in total. The Hall–Kier alpha value is -1.26. The molecule has 0 saturated carbocycles. The molecule has 2 N–H and O–H groups in total. The second-order valence-corrected chi connectivity index (χ2v) is 5.16. The molecule has 1 amide bonds. The lowest BCUT2D eigenvalue weighted by atomic mass is 10.2. The van der Waals surface area contributed by atoms with Crippen LogP contribution in [0.15, 0.2) is 24.3 Å². The molecule has 0 bridgehead atoms. The van der Waals surface area contributed by atoms with Gasteiger partial charge in [-0.2, -0.15) is 0 Å². The van der Waals surface area contributed by atoms with Crippen molar-refractivity contribution in [2.75, 3.05) is 13.1 Å². The maximum absolute atomic E-state index is 12.3. The maximum Gasteiger partial charge on any atom is 0.263 e. The van der Waals surface area contributed by atoms with Crippen LogP contribution in [0.5, 0.6) is 5.75 Å². The Labute approximate surface area is 118 Å². The fraction of sp³-hybridized carbons (Fsp3) is 0.500. The van der Waals surface area contributed by atoms with Gasteiger partial charge in [0.25, 0.3) is 5.91 Å². The van der Waals surface area contributed by atoms with Gasteiger partial charge in [0.1, 0.15) is 5.75 Å². The first-order valence-electron chi connectivity index (χ1n) is 6.55. The number of benzene rings is 1. The van der Waals surface area contributed by atoms with Crippen LogP contribution < -0.4 is 10.5 Å². The van der Waals surface area contributed by atoms with Crippen LogP contribution in [0.4, 0.5) is 0 Å². The van der Waals surface area contributed by atoms with E-state index in [1.54, 1.807) is 19.1 Å². The minimum atomic E-state index is -0.549. The smallest absolute Gasteiger partial charge is 0.263 e. The number of amides is 1. The average Bonchev–Trinajstić information content (AvgIpc) is 2.88. The Kier molecular flexibility index (Phi) is 4.66. The van der Waals surface area contributed by atoms with E-state index in [0.29, 0.717) is 17.3 Å². The lowest BCUT2D eigenvalue weighted by Crippen LogP contribution is -2.45. The molecule has 2 atom stereocenters. The number of ether oxygens (including phenoxy) is 1. The number of hydrogen-bond acceptors (Lipinski definition) is 3.